The van der Waals surface area contributed by atoms with Crippen molar-refractivity contribution in [1.82, 2.24) is 19.7 Å². The van der Waals surface area contributed by atoms with Gasteiger partial charge in [0.25, 0.3) is 5.56 Å². The summed E-state index contributed by atoms with van der Waals surface area (Å²) in [7, 11) is 1.81. The van der Waals surface area contributed by atoms with Crippen LogP contribution in [0, 0.1) is 13.8 Å². The molecule has 0 aliphatic rings. The molecule has 84 valence electrons. The average Bonchev–Trinajstić information content (AvgIpc) is 2.39. The van der Waals surface area contributed by atoms with Crippen LogP contribution in [0.4, 0.5) is 0 Å². The van der Waals surface area contributed by atoms with Crippen molar-refractivity contribution in [3.8, 4) is 17.3 Å². The zero-order chi connectivity index (χ0) is 11.9. The zero-order valence-electron chi connectivity index (χ0n) is 9.27. The van der Waals surface area contributed by atoms with Gasteiger partial charge in [-0.05, 0) is 13.8 Å². The van der Waals surface area contributed by atoms with Crippen molar-refractivity contribution in [2.45, 2.75) is 13.8 Å². The second-order valence-electron chi connectivity index (χ2n) is 3.62. The topological polar surface area (TPSA) is 83.8 Å². The first-order valence-electron chi connectivity index (χ1n) is 4.80. The number of aromatic hydroxyl groups is 1. The second kappa shape index (κ2) is 3.48. The first-order valence-corrected chi connectivity index (χ1v) is 4.80. The quantitative estimate of drug-likeness (QED) is 0.732. The molecule has 2 heterocycles. The van der Waals surface area contributed by atoms with Crippen molar-refractivity contribution in [3.05, 3.63) is 27.8 Å². The first-order chi connectivity index (χ1) is 7.49. The molecule has 0 spiro atoms. The lowest BCUT2D eigenvalue weighted by atomic mass is 10.2. The van der Waals surface area contributed by atoms with Gasteiger partial charge in [-0.1, -0.05) is 0 Å². The summed E-state index contributed by atoms with van der Waals surface area (Å²) in [5.41, 5.74) is 2.00. The van der Waals surface area contributed by atoms with Crippen LogP contribution in [-0.2, 0) is 7.05 Å². The smallest absolute Gasteiger partial charge is 0.254 e. The number of aromatic nitrogens is 4. The fraction of sp³-hybridized carbons (Fsp3) is 0.300. The summed E-state index contributed by atoms with van der Waals surface area (Å²) < 4.78 is 1.70. The Labute approximate surface area is 91.6 Å². The van der Waals surface area contributed by atoms with Crippen LogP contribution >= 0.6 is 0 Å². The number of H-pyrrole nitrogens is 1. The zero-order valence-corrected chi connectivity index (χ0v) is 9.27. The molecule has 6 heteroatoms. The number of aromatic amines is 1. The van der Waals surface area contributed by atoms with Gasteiger partial charge in [0.2, 0.25) is 5.88 Å². The van der Waals surface area contributed by atoms with Gasteiger partial charge in [0.15, 0.2) is 0 Å². The van der Waals surface area contributed by atoms with Crippen LogP contribution in [0.3, 0.4) is 0 Å². The van der Waals surface area contributed by atoms with E-state index in [2.05, 4.69) is 15.1 Å². The lowest BCUT2D eigenvalue weighted by Crippen LogP contribution is -2.07. The van der Waals surface area contributed by atoms with Gasteiger partial charge in [0.1, 0.15) is 5.82 Å². The van der Waals surface area contributed by atoms with Crippen LogP contribution in [-0.4, -0.2) is 24.9 Å². The highest BCUT2D eigenvalue weighted by molar-refractivity contribution is 5.61. The van der Waals surface area contributed by atoms with E-state index in [1.807, 2.05) is 20.9 Å². The molecule has 16 heavy (non-hydrogen) atoms. The average molecular weight is 220 g/mol. The number of hydrogen-bond acceptors (Lipinski definition) is 4. The van der Waals surface area contributed by atoms with Crippen molar-refractivity contribution in [1.29, 1.82) is 0 Å². The van der Waals surface area contributed by atoms with Gasteiger partial charge in [0, 0.05) is 12.7 Å². The minimum atomic E-state index is -0.384. The Morgan fingerprint density at radius 3 is 2.62 bits per heavy atom. The molecule has 0 saturated carbocycles. The van der Waals surface area contributed by atoms with E-state index in [1.165, 1.54) is 0 Å². The lowest BCUT2D eigenvalue weighted by molar-refractivity contribution is 0.452. The Kier molecular flexibility index (Phi) is 2.26. The molecule has 2 rings (SSSR count). The highest BCUT2D eigenvalue weighted by atomic mass is 16.3. The van der Waals surface area contributed by atoms with Gasteiger partial charge >= 0.3 is 0 Å². The number of aryl methyl sites for hydroxylation is 2. The summed E-state index contributed by atoms with van der Waals surface area (Å²) in [6.07, 6.45) is 0. The van der Waals surface area contributed by atoms with Crippen molar-refractivity contribution in [2.75, 3.05) is 0 Å². The minimum Gasteiger partial charge on any atom is -0.493 e. The first kappa shape index (κ1) is 10.4. The summed E-state index contributed by atoms with van der Waals surface area (Å²) in [6.45, 7) is 3.70. The van der Waals surface area contributed by atoms with Gasteiger partial charge < -0.3 is 10.1 Å². The molecule has 0 aliphatic heterocycles. The van der Waals surface area contributed by atoms with Crippen molar-refractivity contribution in [2.24, 2.45) is 7.05 Å². The molecular weight excluding hydrogens is 208 g/mol. The maximum atomic E-state index is 11.2. The summed E-state index contributed by atoms with van der Waals surface area (Å²) >= 11 is 0. The van der Waals surface area contributed by atoms with Crippen LogP contribution in [0.1, 0.15) is 11.4 Å². The van der Waals surface area contributed by atoms with E-state index in [9.17, 15) is 9.90 Å². The normalized spacial score (nSPS) is 10.7. The molecule has 0 saturated heterocycles. The Morgan fingerprint density at radius 2 is 2.12 bits per heavy atom. The van der Waals surface area contributed by atoms with Crippen molar-refractivity contribution < 1.29 is 5.11 Å². The summed E-state index contributed by atoms with van der Waals surface area (Å²) in [5, 5.41) is 13.5. The van der Waals surface area contributed by atoms with Gasteiger partial charge in [-0.25, -0.2) is 0 Å². The van der Waals surface area contributed by atoms with Crippen LogP contribution in [0.5, 0.6) is 5.88 Å². The molecule has 0 atom stereocenters. The molecule has 0 bridgehead atoms. The Hall–Kier alpha value is -2.11. The van der Waals surface area contributed by atoms with E-state index in [-0.39, 0.29) is 11.4 Å². The fourth-order valence-corrected chi connectivity index (χ4v) is 1.68. The molecule has 0 fully saturated rings. The van der Waals surface area contributed by atoms with E-state index in [1.54, 1.807) is 4.68 Å². The lowest BCUT2D eigenvalue weighted by Gasteiger charge is -2.01. The van der Waals surface area contributed by atoms with Crippen molar-refractivity contribution in [3.63, 3.8) is 0 Å². The molecule has 2 N–H and O–H groups in total. The van der Waals surface area contributed by atoms with Gasteiger partial charge in [-0.3, -0.25) is 9.48 Å². The standard InChI is InChI=1S/C10H12N4O2/c1-5-9(6(2)14(3)13-5)10-11-7(15)4-8(16)12-10/h4H,1-3H3,(H2,11,12,15,16). The molecule has 6 nitrogen and oxygen atoms in total. The summed E-state index contributed by atoms with van der Waals surface area (Å²) in [4.78, 5) is 17.7. The minimum absolute atomic E-state index is 0.290. The Bertz CT molecular complexity index is 597. The van der Waals surface area contributed by atoms with E-state index in [0.29, 0.717) is 5.82 Å². The highest BCUT2D eigenvalue weighted by Crippen LogP contribution is 2.22. The summed E-state index contributed by atoms with van der Waals surface area (Å²) in [6, 6.07) is 1.03. The predicted octanol–water partition coefficient (Wildman–Crippen LogP) is 0.493. The largest absolute Gasteiger partial charge is 0.493 e. The molecular formula is C10H12N4O2. The van der Waals surface area contributed by atoms with Gasteiger partial charge in [0.05, 0.1) is 17.3 Å². The molecule has 0 amide bonds. The number of nitrogens with zero attached hydrogens (tertiary/aromatic N) is 3. The third kappa shape index (κ3) is 1.58. The monoisotopic (exact) mass is 220 g/mol. The third-order valence-corrected chi connectivity index (χ3v) is 2.47. The Morgan fingerprint density at radius 1 is 1.44 bits per heavy atom. The third-order valence-electron chi connectivity index (χ3n) is 2.47. The van der Waals surface area contributed by atoms with Crippen LogP contribution < -0.4 is 5.56 Å². The number of nitrogens with one attached hydrogen (secondary N) is 1. The van der Waals surface area contributed by atoms with Crippen LogP contribution in [0.25, 0.3) is 11.4 Å². The van der Waals surface area contributed by atoms with E-state index >= 15 is 0 Å². The summed E-state index contributed by atoms with van der Waals surface area (Å²) in [5.74, 6) is 0.0505. The van der Waals surface area contributed by atoms with E-state index in [0.717, 1.165) is 23.0 Å². The fourth-order valence-electron chi connectivity index (χ4n) is 1.68. The molecule has 2 aromatic rings. The molecule has 0 radical (unpaired) electrons. The maximum absolute atomic E-state index is 11.2. The number of hydrogen-bond donors (Lipinski definition) is 2. The molecule has 0 aliphatic carbocycles. The Balaban J connectivity index is 2.71. The van der Waals surface area contributed by atoms with Crippen molar-refractivity contribution >= 4 is 0 Å². The highest BCUT2D eigenvalue weighted by Gasteiger charge is 2.14. The maximum Gasteiger partial charge on any atom is 0.254 e. The second-order valence-corrected chi connectivity index (χ2v) is 3.62. The van der Waals surface area contributed by atoms with Crippen LogP contribution in [0.2, 0.25) is 0 Å². The van der Waals surface area contributed by atoms with Crippen LogP contribution in [0.15, 0.2) is 10.9 Å². The molecule has 0 unspecified atom stereocenters. The van der Waals surface area contributed by atoms with E-state index < -0.39 is 0 Å². The van der Waals surface area contributed by atoms with E-state index in [4.69, 9.17) is 0 Å². The molecule has 0 aromatic carbocycles. The SMILES string of the molecule is Cc1nn(C)c(C)c1-c1nc(O)cc(=O)[nH]1. The van der Waals surface area contributed by atoms with Gasteiger partial charge in [-0.15, -0.1) is 0 Å². The molecule has 2 aromatic heterocycles. The predicted molar refractivity (Wildman–Crippen MR) is 58.2 cm³/mol. The number of rotatable bonds is 1. The van der Waals surface area contributed by atoms with Gasteiger partial charge in [-0.2, -0.15) is 10.1 Å².